The number of carbonyl (C=O) groups is 1. The molecule has 3 nitrogen and oxygen atoms in total. The molecule has 1 heterocycles. The monoisotopic (exact) mass is 263 g/mol. The first-order chi connectivity index (χ1) is 7.24. The first-order valence-corrected chi connectivity index (χ1v) is 7.71. The summed E-state index contributed by atoms with van der Waals surface area (Å²) in [5.74, 6) is -0.251. The number of esters is 1. The van der Waals surface area contributed by atoms with Crippen LogP contribution in [0.1, 0.15) is 23.7 Å². The maximum atomic E-state index is 11.7. The fourth-order valence-corrected chi connectivity index (χ4v) is 3.23. The third kappa shape index (κ3) is 3.12. The number of nitrogens with zero attached hydrogens (tertiary/aromatic N) is 1. The van der Waals surface area contributed by atoms with Crippen LogP contribution in [0.2, 0.25) is 0 Å². The van der Waals surface area contributed by atoms with Crippen LogP contribution in [0.15, 0.2) is 9.24 Å². The van der Waals surface area contributed by atoms with Gasteiger partial charge in [0, 0.05) is 0 Å². The zero-order valence-corrected chi connectivity index (χ0v) is 11.4. The van der Waals surface area contributed by atoms with Gasteiger partial charge in [-0.3, -0.25) is 0 Å². The zero-order chi connectivity index (χ0) is 11.3. The van der Waals surface area contributed by atoms with E-state index in [9.17, 15) is 4.79 Å². The van der Waals surface area contributed by atoms with E-state index in [1.807, 2.05) is 19.4 Å². The lowest BCUT2D eigenvalue weighted by Gasteiger charge is -2.03. The molecule has 0 radical (unpaired) electrons. The highest BCUT2D eigenvalue weighted by molar-refractivity contribution is 8.01. The van der Waals surface area contributed by atoms with E-state index in [2.05, 4.69) is 4.37 Å². The van der Waals surface area contributed by atoms with Gasteiger partial charge in [-0.1, -0.05) is 6.92 Å². The fraction of sp³-hybridized carbons (Fsp3) is 0.556. The summed E-state index contributed by atoms with van der Waals surface area (Å²) in [6, 6.07) is 0. The molecule has 1 aromatic rings. The normalized spacial score (nSPS) is 10.3. The molecule has 15 heavy (non-hydrogen) atoms. The predicted octanol–water partition coefficient (Wildman–Crippen LogP) is 3.15. The van der Waals surface area contributed by atoms with Crippen molar-refractivity contribution in [2.24, 2.45) is 0 Å². The Hall–Kier alpha value is -0.200. The standard InChI is InChI=1S/C9H13NO2S3/c1-4-5-12-8(11)6-7(13-2)10-15-9(6)14-3/h4-5H2,1-3H3. The molecule has 0 aliphatic carbocycles. The molecule has 0 aliphatic rings. The third-order valence-corrected chi connectivity index (χ3v) is 4.39. The number of aromatic nitrogens is 1. The fourth-order valence-electron chi connectivity index (χ4n) is 0.978. The maximum absolute atomic E-state index is 11.7. The molecule has 0 N–H and O–H groups in total. The van der Waals surface area contributed by atoms with Gasteiger partial charge in [-0.25, -0.2) is 4.79 Å². The van der Waals surface area contributed by atoms with E-state index >= 15 is 0 Å². The minimum Gasteiger partial charge on any atom is -0.462 e. The van der Waals surface area contributed by atoms with Gasteiger partial charge in [-0.15, -0.1) is 23.5 Å². The van der Waals surface area contributed by atoms with Crippen LogP contribution in [0.5, 0.6) is 0 Å². The molecule has 0 unspecified atom stereocenters. The molecule has 0 spiro atoms. The van der Waals surface area contributed by atoms with Gasteiger partial charge in [0.05, 0.1) is 10.8 Å². The van der Waals surface area contributed by atoms with Crippen molar-refractivity contribution in [3.8, 4) is 0 Å². The summed E-state index contributed by atoms with van der Waals surface area (Å²) in [7, 11) is 0. The number of hydrogen-bond donors (Lipinski definition) is 0. The Labute approximate surface area is 102 Å². The van der Waals surface area contributed by atoms with Gasteiger partial charge in [0.2, 0.25) is 0 Å². The van der Waals surface area contributed by atoms with Crippen molar-refractivity contribution < 1.29 is 9.53 Å². The third-order valence-electron chi connectivity index (χ3n) is 1.65. The molecule has 0 aliphatic heterocycles. The van der Waals surface area contributed by atoms with Crippen LogP contribution >= 0.6 is 35.1 Å². The Balaban J connectivity index is 2.88. The second kappa shape index (κ2) is 6.40. The van der Waals surface area contributed by atoms with E-state index in [0.29, 0.717) is 12.2 Å². The molecule has 0 atom stereocenters. The van der Waals surface area contributed by atoms with Gasteiger partial charge in [0.25, 0.3) is 0 Å². The summed E-state index contributed by atoms with van der Waals surface area (Å²) in [6.07, 6.45) is 4.69. The van der Waals surface area contributed by atoms with Crippen molar-refractivity contribution in [2.75, 3.05) is 19.1 Å². The van der Waals surface area contributed by atoms with Crippen LogP contribution in [-0.2, 0) is 4.74 Å². The van der Waals surface area contributed by atoms with E-state index < -0.39 is 0 Å². The molecule has 0 saturated carbocycles. The minimum atomic E-state index is -0.251. The number of thioether (sulfide) groups is 2. The second-order valence-corrected chi connectivity index (χ2v) is 5.34. The lowest BCUT2D eigenvalue weighted by Crippen LogP contribution is -2.07. The Bertz CT molecular complexity index is 317. The molecule has 0 fully saturated rings. The van der Waals surface area contributed by atoms with Crippen molar-refractivity contribution in [3.63, 3.8) is 0 Å². The molecule has 1 rings (SSSR count). The summed E-state index contributed by atoms with van der Waals surface area (Å²) in [5, 5.41) is 0.769. The van der Waals surface area contributed by atoms with E-state index in [1.165, 1.54) is 35.1 Å². The Morgan fingerprint density at radius 3 is 2.73 bits per heavy atom. The quantitative estimate of drug-likeness (QED) is 0.603. The first-order valence-electron chi connectivity index (χ1n) is 4.49. The second-order valence-electron chi connectivity index (χ2n) is 2.69. The van der Waals surface area contributed by atoms with Gasteiger partial charge >= 0.3 is 5.97 Å². The summed E-state index contributed by atoms with van der Waals surface area (Å²) in [5.41, 5.74) is 0.633. The highest BCUT2D eigenvalue weighted by Crippen LogP contribution is 2.33. The minimum absolute atomic E-state index is 0.251. The van der Waals surface area contributed by atoms with Gasteiger partial charge < -0.3 is 4.74 Å². The highest BCUT2D eigenvalue weighted by Gasteiger charge is 2.21. The van der Waals surface area contributed by atoms with Crippen LogP contribution in [-0.4, -0.2) is 29.5 Å². The molecule has 6 heteroatoms. The Kier molecular flexibility index (Phi) is 5.49. The van der Waals surface area contributed by atoms with E-state index in [4.69, 9.17) is 4.74 Å². The molecule has 0 saturated heterocycles. The van der Waals surface area contributed by atoms with Crippen LogP contribution < -0.4 is 0 Å². The lowest BCUT2D eigenvalue weighted by atomic mass is 10.4. The lowest BCUT2D eigenvalue weighted by molar-refractivity contribution is 0.0497. The number of carbonyl (C=O) groups excluding carboxylic acids is 1. The molecule has 0 amide bonds. The van der Waals surface area contributed by atoms with Crippen molar-refractivity contribution in [1.29, 1.82) is 0 Å². The Morgan fingerprint density at radius 1 is 1.47 bits per heavy atom. The van der Waals surface area contributed by atoms with Crippen molar-refractivity contribution in [1.82, 2.24) is 4.37 Å². The molecule has 0 aromatic carbocycles. The first kappa shape index (κ1) is 12.9. The van der Waals surface area contributed by atoms with E-state index in [0.717, 1.165) is 15.7 Å². The average Bonchev–Trinajstić information content (AvgIpc) is 2.68. The van der Waals surface area contributed by atoms with E-state index in [1.54, 1.807) is 0 Å². The number of hydrogen-bond acceptors (Lipinski definition) is 6. The van der Waals surface area contributed by atoms with Gasteiger partial charge in [-0.2, -0.15) is 4.37 Å². The highest BCUT2D eigenvalue weighted by atomic mass is 32.2. The largest absolute Gasteiger partial charge is 0.462 e. The molecule has 0 bridgehead atoms. The van der Waals surface area contributed by atoms with Crippen LogP contribution in [0.4, 0.5) is 0 Å². The van der Waals surface area contributed by atoms with Gasteiger partial charge in [0.1, 0.15) is 10.6 Å². The van der Waals surface area contributed by atoms with Crippen molar-refractivity contribution >= 4 is 41.0 Å². The van der Waals surface area contributed by atoms with Gasteiger partial charge in [-0.05, 0) is 30.5 Å². The number of ether oxygens (including phenoxy) is 1. The zero-order valence-electron chi connectivity index (χ0n) is 8.90. The van der Waals surface area contributed by atoms with Gasteiger partial charge in [0.15, 0.2) is 0 Å². The average molecular weight is 263 g/mol. The SMILES string of the molecule is CCCOC(=O)c1c(SC)nsc1SC. The maximum Gasteiger partial charge on any atom is 0.342 e. The van der Waals surface area contributed by atoms with Crippen LogP contribution in [0, 0.1) is 0 Å². The van der Waals surface area contributed by atoms with Crippen LogP contribution in [0.25, 0.3) is 0 Å². The smallest absolute Gasteiger partial charge is 0.342 e. The van der Waals surface area contributed by atoms with E-state index in [-0.39, 0.29) is 5.97 Å². The summed E-state index contributed by atoms with van der Waals surface area (Å²) in [6.45, 7) is 2.44. The summed E-state index contributed by atoms with van der Waals surface area (Å²) >= 11 is 4.37. The van der Waals surface area contributed by atoms with Crippen LogP contribution in [0.3, 0.4) is 0 Å². The molecule has 1 aromatic heterocycles. The number of rotatable bonds is 5. The Morgan fingerprint density at radius 2 is 2.20 bits per heavy atom. The van der Waals surface area contributed by atoms with Crippen molar-refractivity contribution in [2.45, 2.75) is 22.6 Å². The summed E-state index contributed by atoms with van der Waals surface area (Å²) in [4.78, 5) is 11.7. The topological polar surface area (TPSA) is 39.2 Å². The van der Waals surface area contributed by atoms with Crippen molar-refractivity contribution in [3.05, 3.63) is 5.56 Å². The molecular weight excluding hydrogens is 250 g/mol. The predicted molar refractivity (Wildman–Crippen MR) is 66.2 cm³/mol. The molecule has 84 valence electrons. The molecular formula is C9H13NO2S3. The summed E-state index contributed by atoms with van der Waals surface area (Å²) < 4.78 is 10.3.